The average molecular weight is 341 g/mol. The van der Waals surface area contributed by atoms with Crippen LogP contribution in [0.15, 0.2) is 42.6 Å². The number of hydrogen-bond acceptors (Lipinski definition) is 5. The van der Waals surface area contributed by atoms with Crippen molar-refractivity contribution in [2.75, 3.05) is 38.7 Å². The minimum absolute atomic E-state index is 0.0912. The molecule has 0 aliphatic carbocycles. The maximum absolute atomic E-state index is 12.7. The highest BCUT2D eigenvalue weighted by Gasteiger charge is 2.27. The summed E-state index contributed by atoms with van der Waals surface area (Å²) in [6.07, 6.45) is 1.52. The molecule has 0 bridgehead atoms. The van der Waals surface area contributed by atoms with Crippen LogP contribution >= 0.6 is 0 Å². The molecule has 6 nitrogen and oxygen atoms in total. The van der Waals surface area contributed by atoms with Crippen LogP contribution in [0.25, 0.3) is 0 Å². The third-order valence-corrected chi connectivity index (χ3v) is 4.32. The molecule has 3 rings (SSSR count). The summed E-state index contributed by atoms with van der Waals surface area (Å²) in [6, 6.07) is 11.5. The molecule has 6 heteroatoms. The largest absolute Gasteiger partial charge is 0.485 e. The summed E-state index contributed by atoms with van der Waals surface area (Å²) in [7, 11) is 3.29. The number of nitrogens with zero attached hydrogens (tertiary/aromatic N) is 3. The van der Waals surface area contributed by atoms with E-state index in [9.17, 15) is 4.79 Å². The second kappa shape index (κ2) is 7.42. The van der Waals surface area contributed by atoms with Crippen LogP contribution in [-0.4, -0.2) is 55.7 Å². The van der Waals surface area contributed by atoms with E-state index in [4.69, 9.17) is 9.47 Å². The molecule has 0 fully saturated rings. The maximum Gasteiger partial charge on any atom is 0.259 e. The summed E-state index contributed by atoms with van der Waals surface area (Å²) in [5.41, 5.74) is 1.56. The number of likely N-dealkylation sites (N-methyl/N-ethyl adjacent to an activating group) is 2. The fraction of sp³-hybridized carbons (Fsp3) is 0.368. The highest BCUT2D eigenvalue weighted by atomic mass is 16.5. The average Bonchev–Trinajstić information content (AvgIpc) is 2.66. The number of rotatable bonds is 5. The lowest BCUT2D eigenvalue weighted by Crippen LogP contribution is -2.46. The van der Waals surface area contributed by atoms with E-state index in [0.29, 0.717) is 18.0 Å². The van der Waals surface area contributed by atoms with Crippen LogP contribution in [0.4, 0.5) is 5.69 Å². The highest BCUT2D eigenvalue weighted by Crippen LogP contribution is 2.33. The number of carbonyl (C=O) groups is 1. The summed E-state index contributed by atoms with van der Waals surface area (Å²) in [6.45, 7) is 4.25. The number of benzene rings is 1. The van der Waals surface area contributed by atoms with Gasteiger partial charge in [-0.25, -0.2) is 4.98 Å². The van der Waals surface area contributed by atoms with Crippen molar-refractivity contribution < 1.29 is 14.3 Å². The lowest BCUT2D eigenvalue weighted by atomic mass is 10.1. The third kappa shape index (κ3) is 3.52. The van der Waals surface area contributed by atoms with Crippen molar-refractivity contribution in [3.63, 3.8) is 0 Å². The Kier molecular flexibility index (Phi) is 5.07. The first-order valence-electron chi connectivity index (χ1n) is 8.39. The minimum atomic E-state index is -0.129. The van der Waals surface area contributed by atoms with Crippen molar-refractivity contribution >= 4 is 11.6 Å². The minimum Gasteiger partial charge on any atom is -0.485 e. The number of amides is 1. The lowest BCUT2D eigenvalue weighted by Gasteiger charge is -2.37. The van der Waals surface area contributed by atoms with E-state index in [1.54, 1.807) is 30.3 Å². The van der Waals surface area contributed by atoms with Gasteiger partial charge in [0, 0.05) is 19.8 Å². The molecule has 1 atom stereocenters. The molecule has 1 amide bonds. The number of fused-ring (bicyclic) bond motifs is 1. The van der Waals surface area contributed by atoms with Gasteiger partial charge in [0.1, 0.15) is 17.4 Å². The Balaban J connectivity index is 1.73. The van der Waals surface area contributed by atoms with Gasteiger partial charge in [-0.15, -0.1) is 0 Å². The second-order valence-electron chi connectivity index (χ2n) is 5.99. The zero-order valence-corrected chi connectivity index (χ0v) is 14.8. The second-order valence-corrected chi connectivity index (χ2v) is 5.99. The SMILES string of the molecule is CCN1C[C@@H](CN(C)C(=O)c2cccnc2OC)Oc2ccccc21. The standard InChI is InChI=1S/C19H23N3O3/c1-4-22-13-14(25-17-10-6-5-9-16(17)22)12-21(2)19(23)15-8-7-11-20-18(15)24-3/h5-11,14H,4,12-13H2,1-3H3/t14-/m1/s1. The normalized spacial score (nSPS) is 16.0. The van der Waals surface area contributed by atoms with Gasteiger partial charge in [0.15, 0.2) is 0 Å². The monoisotopic (exact) mass is 341 g/mol. The van der Waals surface area contributed by atoms with Gasteiger partial charge in [0.25, 0.3) is 5.91 Å². The van der Waals surface area contributed by atoms with Gasteiger partial charge in [-0.05, 0) is 31.2 Å². The number of hydrogen-bond donors (Lipinski definition) is 0. The summed E-state index contributed by atoms with van der Waals surface area (Å²) < 4.78 is 11.3. The van der Waals surface area contributed by atoms with Gasteiger partial charge in [-0.2, -0.15) is 0 Å². The highest BCUT2D eigenvalue weighted by molar-refractivity contribution is 5.96. The Morgan fingerprint density at radius 1 is 1.36 bits per heavy atom. The Morgan fingerprint density at radius 2 is 2.16 bits per heavy atom. The van der Waals surface area contributed by atoms with Crippen molar-refractivity contribution in [1.29, 1.82) is 0 Å². The van der Waals surface area contributed by atoms with Crippen molar-refractivity contribution in [2.24, 2.45) is 0 Å². The number of pyridine rings is 1. The van der Waals surface area contributed by atoms with Gasteiger partial charge in [-0.1, -0.05) is 12.1 Å². The molecule has 2 aromatic rings. The number of para-hydroxylation sites is 2. The predicted octanol–water partition coefficient (Wildman–Crippen LogP) is 2.45. The molecule has 2 heterocycles. The number of aromatic nitrogens is 1. The van der Waals surface area contributed by atoms with E-state index in [2.05, 4.69) is 22.9 Å². The van der Waals surface area contributed by atoms with Gasteiger partial charge in [0.2, 0.25) is 5.88 Å². The molecule has 0 radical (unpaired) electrons. The van der Waals surface area contributed by atoms with Gasteiger partial charge in [-0.3, -0.25) is 4.79 Å². The molecule has 0 saturated carbocycles. The quantitative estimate of drug-likeness (QED) is 0.836. The van der Waals surface area contributed by atoms with Crippen LogP contribution in [0.2, 0.25) is 0 Å². The number of anilines is 1. The molecule has 1 aromatic carbocycles. The van der Waals surface area contributed by atoms with Gasteiger partial charge >= 0.3 is 0 Å². The Labute approximate surface area is 148 Å². The molecule has 0 saturated heterocycles. The van der Waals surface area contributed by atoms with Gasteiger partial charge < -0.3 is 19.3 Å². The van der Waals surface area contributed by atoms with E-state index in [1.807, 2.05) is 18.2 Å². The smallest absolute Gasteiger partial charge is 0.259 e. The first-order chi connectivity index (χ1) is 12.1. The maximum atomic E-state index is 12.7. The van der Waals surface area contributed by atoms with E-state index in [-0.39, 0.29) is 12.0 Å². The van der Waals surface area contributed by atoms with Crippen LogP contribution in [0, 0.1) is 0 Å². The Hall–Kier alpha value is -2.76. The van der Waals surface area contributed by atoms with E-state index >= 15 is 0 Å². The van der Waals surface area contributed by atoms with E-state index in [0.717, 1.165) is 24.5 Å². The topological polar surface area (TPSA) is 54.9 Å². The van der Waals surface area contributed by atoms with Crippen LogP contribution in [0.1, 0.15) is 17.3 Å². The first-order valence-corrected chi connectivity index (χ1v) is 8.39. The number of methoxy groups -OCH3 is 1. The number of ether oxygens (including phenoxy) is 2. The fourth-order valence-electron chi connectivity index (χ4n) is 3.08. The molecular formula is C19H23N3O3. The summed E-state index contributed by atoms with van der Waals surface area (Å²) in [5, 5.41) is 0. The van der Waals surface area contributed by atoms with Crippen molar-refractivity contribution in [3.8, 4) is 11.6 Å². The molecular weight excluding hydrogens is 318 g/mol. The van der Waals surface area contributed by atoms with Crippen LogP contribution in [-0.2, 0) is 0 Å². The lowest BCUT2D eigenvalue weighted by molar-refractivity contribution is 0.0705. The molecule has 1 aliphatic heterocycles. The molecule has 0 N–H and O–H groups in total. The van der Waals surface area contributed by atoms with Crippen LogP contribution in [0.3, 0.4) is 0 Å². The Bertz CT molecular complexity index is 750. The summed E-state index contributed by atoms with van der Waals surface area (Å²) in [4.78, 5) is 20.8. The third-order valence-electron chi connectivity index (χ3n) is 4.32. The fourth-order valence-corrected chi connectivity index (χ4v) is 3.08. The van der Waals surface area contributed by atoms with Gasteiger partial charge in [0.05, 0.1) is 25.9 Å². The van der Waals surface area contributed by atoms with Crippen LogP contribution < -0.4 is 14.4 Å². The van der Waals surface area contributed by atoms with E-state index in [1.165, 1.54) is 7.11 Å². The van der Waals surface area contributed by atoms with E-state index < -0.39 is 0 Å². The van der Waals surface area contributed by atoms with Crippen molar-refractivity contribution in [1.82, 2.24) is 9.88 Å². The summed E-state index contributed by atoms with van der Waals surface area (Å²) in [5.74, 6) is 1.07. The van der Waals surface area contributed by atoms with Crippen LogP contribution in [0.5, 0.6) is 11.6 Å². The Morgan fingerprint density at radius 3 is 2.92 bits per heavy atom. The van der Waals surface area contributed by atoms with Crippen molar-refractivity contribution in [2.45, 2.75) is 13.0 Å². The molecule has 1 aliphatic rings. The number of carbonyl (C=O) groups excluding carboxylic acids is 1. The molecule has 25 heavy (non-hydrogen) atoms. The molecule has 1 aromatic heterocycles. The molecule has 0 unspecified atom stereocenters. The predicted molar refractivity (Wildman–Crippen MR) is 96.5 cm³/mol. The zero-order valence-electron chi connectivity index (χ0n) is 14.8. The molecule has 0 spiro atoms. The zero-order chi connectivity index (χ0) is 17.8. The first kappa shape index (κ1) is 17.1. The summed E-state index contributed by atoms with van der Waals surface area (Å²) >= 11 is 0. The van der Waals surface area contributed by atoms with Crippen molar-refractivity contribution in [3.05, 3.63) is 48.2 Å². The molecule has 132 valence electrons.